The van der Waals surface area contributed by atoms with Crippen molar-refractivity contribution < 1.29 is 40.7 Å². The summed E-state index contributed by atoms with van der Waals surface area (Å²) in [6.07, 6.45) is 2.88. The van der Waals surface area contributed by atoms with Gasteiger partial charge >= 0.3 is 22.4 Å². The molecule has 200 valence electrons. The van der Waals surface area contributed by atoms with Crippen LogP contribution in [-0.2, 0) is 37.9 Å². The molecule has 0 aromatic heterocycles. The summed E-state index contributed by atoms with van der Waals surface area (Å²) >= 11 is 0. The van der Waals surface area contributed by atoms with Crippen LogP contribution < -0.4 is 10.6 Å². The smallest absolute Gasteiger partial charge is 0.421 e. The van der Waals surface area contributed by atoms with Gasteiger partial charge in [-0.1, -0.05) is 0 Å². The summed E-state index contributed by atoms with van der Waals surface area (Å²) in [5, 5.41) is 7.04. The van der Waals surface area contributed by atoms with E-state index in [4.69, 9.17) is 17.9 Å². The van der Waals surface area contributed by atoms with Crippen molar-refractivity contribution in [1.29, 1.82) is 0 Å². The fourth-order valence-electron chi connectivity index (χ4n) is 4.28. The Labute approximate surface area is 206 Å². The third-order valence-corrected chi connectivity index (χ3v) is 7.17. The molecule has 2 N–H and O–H groups in total. The number of carbonyl (C=O) groups is 3. The maximum Gasteiger partial charge on any atom is 0.421 e. The van der Waals surface area contributed by atoms with E-state index in [2.05, 4.69) is 10.6 Å². The zero-order chi connectivity index (χ0) is 25.6. The lowest BCUT2D eigenvalue weighted by Crippen LogP contribution is -2.58. The highest BCUT2D eigenvalue weighted by Crippen LogP contribution is 2.31. The average Bonchev–Trinajstić information content (AvgIpc) is 3.11. The highest BCUT2D eigenvalue weighted by atomic mass is 32.3. The summed E-state index contributed by atoms with van der Waals surface area (Å²) in [5.74, 6) is -0.899. The van der Waals surface area contributed by atoms with Gasteiger partial charge in [0.2, 0.25) is 5.91 Å². The number of hydroxylamine groups is 2. The van der Waals surface area contributed by atoms with Crippen molar-refractivity contribution in [3.8, 4) is 0 Å². The van der Waals surface area contributed by atoms with Crippen LogP contribution in [0.4, 0.5) is 4.79 Å². The molecule has 4 aliphatic heterocycles. The Bertz CT molecular complexity index is 876. The Morgan fingerprint density at radius 3 is 2.51 bits per heavy atom. The highest BCUT2D eigenvalue weighted by molar-refractivity contribution is 7.81. The minimum atomic E-state index is -4.67. The van der Waals surface area contributed by atoms with Crippen LogP contribution >= 0.6 is 0 Å². The number of rotatable bonds is 11. The minimum Gasteiger partial charge on any atom is -0.463 e. The van der Waals surface area contributed by atoms with E-state index in [-0.39, 0.29) is 25.2 Å². The Morgan fingerprint density at radius 2 is 1.83 bits per heavy atom. The van der Waals surface area contributed by atoms with Crippen molar-refractivity contribution in [3.63, 3.8) is 0 Å². The lowest BCUT2D eigenvalue weighted by molar-refractivity contribution is -0.157. The van der Waals surface area contributed by atoms with Crippen molar-refractivity contribution in [2.24, 2.45) is 5.41 Å². The molecule has 4 saturated heterocycles. The molecule has 0 saturated carbocycles. The van der Waals surface area contributed by atoms with Crippen LogP contribution in [0.3, 0.4) is 0 Å². The predicted molar refractivity (Wildman–Crippen MR) is 122 cm³/mol. The van der Waals surface area contributed by atoms with Crippen LogP contribution in [0, 0.1) is 5.41 Å². The van der Waals surface area contributed by atoms with E-state index in [9.17, 15) is 22.8 Å². The van der Waals surface area contributed by atoms with Gasteiger partial charge in [-0.25, -0.2) is 8.98 Å². The second-order valence-corrected chi connectivity index (χ2v) is 10.8. The normalized spacial score (nSPS) is 23.8. The first-order chi connectivity index (χ1) is 16.5. The second kappa shape index (κ2) is 11.8. The summed E-state index contributed by atoms with van der Waals surface area (Å²) < 4.78 is 44.9. The Balaban J connectivity index is 1.58. The quantitative estimate of drug-likeness (QED) is 0.279. The summed E-state index contributed by atoms with van der Waals surface area (Å²) in [4.78, 5) is 39.6. The van der Waals surface area contributed by atoms with E-state index in [0.29, 0.717) is 25.8 Å². The van der Waals surface area contributed by atoms with Gasteiger partial charge in [-0.2, -0.15) is 13.5 Å². The number of fused-ring (bicyclic) bond motifs is 4. The summed E-state index contributed by atoms with van der Waals surface area (Å²) in [5.41, 5.74) is -1.28. The maximum absolute atomic E-state index is 13.1. The monoisotopic (exact) mass is 520 g/mol. The van der Waals surface area contributed by atoms with Crippen LogP contribution in [0.25, 0.3) is 0 Å². The van der Waals surface area contributed by atoms with Crippen molar-refractivity contribution in [2.75, 3.05) is 46.6 Å². The molecule has 0 spiro atoms. The van der Waals surface area contributed by atoms with Crippen molar-refractivity contribution >= 4 is 28.3 Å². The fourth-order valence-corrected chi connectivity index (χ4v) is 5.15. The SMILES string of the molecule is COCCOC(=O)C(C)(C)COS(=O)(=O)ON1C(=O)N2CC[C@H]1CC[C@H]2C(=O)NC1CCNCC1. The third kappa shape index (κ3) is 7.26. The molecular formula is C21H36N4O9S. The largest absolute Gasteiger partial charge is 0.463 e. The van der Waals surface area contributed by atoms with E-state index in [1.807, 2.05) is 0 Å². The topological polar surface area (TPSA) is 153 Å². The van der Waals surface area contributed by atoms with Gasteiger partial charge in [0, 0.05) is 19.7 Å². The van der Waals surface area contributed by atoms with Gasteiger partial charge < -0.3 is 25.0 Å². The molecule has 2 atom stereocenters. The first kappa shape index (κ1) is 27.6. The van der Waals surface area contributed by atoms with Crippen molar-refractivity contribution in [3.05, 3.63) is 0 Å². The van der Waals surface area contributed by atoms with Crippen LogP contribution in [-0.4, -0.2) is 101 Å². The molecule has 35 heavy (non-hydrogen) atoms. The second-order valence-electron chi connectivity index (χ2n) is 9.63. The third-order valence-electron chi connectivity index (χ3n) is 6.42. The summed E-state index contributed by atoms with van der Waals surface area (Å²) in [7, 11) is -3.21. The number of ether oxygens (including phenoxy) is 2. The molecule has 3 amide bonds. The predicted octanol–water partition coefficient (Wildman–Crippen LogP) is -0.0779. The number of methoxy groups -OCH3 is 1. The number of nitrogens with zero attached hydrogens (tertiary/aromatic N) is 2. The highest BCUT2D eigenvalue weighted by Gasteiger charge is 2.46. The fraction of sp³-hybridized carbons (Fsp3) is 0.857. The molecule has 0 aromatic rings. The number of hydrogen-bond acceptors (Lipinski definition) is 10. The standard InChI is InChI=1S/C21H36N4O9S/c1-21(2,19(27)32-13-12-31-3)14-33-35(29,30)34-25-16-4-5-17(24(11-8-16)20(25)28)18(26)23-15-6-9-22-10-7-15/h15-17,22H,4-14H2,1-3H3,(H,23,26)/t16-,17+/m1/s1. The zero-order valence-electron chi connectivity index (χ0n) is 20.5. The molecule has 0 aliphatic carbocycles. The lowest BCUT2D eigenvalue weighted by atomic mass is 9.95. The molecule has 4 rings (SSSR count). The molecular weight excluding hydrogens is 484 g/mol. The molecule has 4 aliphatic rings. The minimum absolute atomic E-state index is 0.0220. The van der Waals surface area contributed by atoms with Gasteiger partial charge in [-0.05, 0) is 59.0 Å². The average molecular weight is 521 g/mol. The van der Waals surface area contributed by atoms with Crippen LogP contribution in [0.1, 0.15) is 46.0 Å². The first-order valence-corrected chi connectivity index (χ1v) is 13.2. The molecule has 13 nitrogen and oxygen atoms in total. The zero-order valence-corrected chi connectivity index (χ0v) is 21.3. The molecule has 2 bridgehead atoms. The number of urea groups is 1. The number of amides is 3. The first-order valence-electron chi connectivity index (χ1n) is 11.9. The van der Waals surface area contributed by atoms with E-state index < -0.39 is 46.5 Å². The molecule has 4 fully saturated rings. The Morgan fingerprint density at radius 1 is 1.11 bits per heavy atom. The van der Waals surface area contributed by atoms with E-state index in [0.717, 1.165) is 31.0 Å². The van der Waals surface area contributed by atoms with Gasteiger partial charge in [-0.15, -0.1) is 4.28 Å². The van der Waals surface area contributed by atoms with Gasteiger partial charge in [0.1, 0.15) is 12.6 Å². The van der Waals surface area contributed by atoms with Gasteiger partial charge in [-0.3, -0.25) is 9.59 Å². The van der Waals surface area contributed by atoms with Crippen LogP contribution in [0.2, 0.25) is 0 Å². The summed E-state index contributed by atoms with van der Waals surface area (Å²) in [6.45, 7) is 4.59. The van der Waals surface area contributed by atoms with Gasteiger partial charge in [0.25, 0.3) is 0 Å². The molecule has 0 aromatic carbocycles. The Hall–Kier alpha value is -2.00. The van der Waals surface area contributed by atoms with Crippen LogP contribution in [0.15, 0.2) is 0 Å². The summed E-state index contributed by atoms with van der Waals surface area (Å²) in [6, 6.07) is -1.86. The molecule has 4 heterocycles. The van der Waals surface area contributed by atoms with Gasteiger partial charge in [0.05, 0.1) is 24.7 Å². The number of carbonyl (C=O) groups excluding carboxylic acids is 3. The molecule has 0 radical (unpaired) electrons. The number of nitrogens with one attached hydrogen (secondary N) is 2. The molecule has 0 unspecified atom stereocenters. The van der Waals surface area contributed by atoms with E-state index in [1.165, 1.54) is 25.9 Å². The number of piperidine rings is 1. The number of esters is 1. The van der Waals surface area contributed by atoms with Crippen molar-refractivity contribution in [1.82, 2.24) is 20.6 Å². The van der Waals surface area contributed by atoms with Crippen LogP contribution in [0.5, 0.6) is 0 Å². The van der Waals surface area contributed by atoms with E-state index in [1.54, 1.807) is 0 Å². The van der Waals surface area contributed by atoms with E-state index >= 15 is 0 Å². The van der Waals surface area contributed by atoms with Gasteiger partial charge in [0.15, 0.2) is 0 Å². The molecule has 14 heteroatoms. The van der Waals surface area contributed by atoms with Crippen molar-refractivity contribution in [2.45, 2.75) is 64.1 Å². The Kier molecular flexibility index (Phi) is 9.32. The number of hydrogen-bond donors (Lipinski definition) is 2. The lowest BCUT2D eigenvalue weighted by Gasteiger charge is -2.38. The maximum atomic E-state index is 13.1.